The van der Waals surface area contributed by atoms with Crippen LogP contribution < -0.4 is 4.74 Å². The number of alkyl halides is 3. The molecule has 0 spiro atoms. The zero-order valence-electron chi connectivity index (χ0n) is 11.2. The Kier molecular flexibility index (Phi) is 4.95. The third kappa shape index (κ3) is 4.70. The van der Waals surface area contributed by atoms with Crippen LogP contribution in [0.15, 0.2) is 29.2 Å². The Morgan fingerprint density at radius 1 is 1.35 bits per heavy atom. The van der Waals surface area contributed by atoms with Crippen molar-refractivity contribution in [3.63, 3.8) is 0 Å². The third-order valence-electron chi connectivity index (χ3n) is 2.58. The van der Waals surface area contributed by atoms with E-state index in [-0.39, 0.29) is 15.0 Å². The van der Waals surface area contributed by atoms with E-state index in [4.69, 9.17) is 17.3 Å². The fraction of sp³-hybridized carbons (Fsp3) is 0.154. The molecule has 1 aliphatic rings. The Morgan fingerprint density at radius 3 is 2.48 bits per heavy atom. The number of nitrogens with zero attached hydrogens (tertiary/aromatic N) is 1. The van der Waals surface area contributed by atoms with Crippen molar-refractivity contribution >= 4 is 46.3 Å². The van der Waals surface area contributed by atoms with E-state index in [0.29, 0.717) is 5.56 Å². The predicted molar refractivity (Wildman–Crippen MR) is 80.6 cm³/mol. The number of thiocarbonyl (C=S) groups is 1. The Balaban J connectivity index is 2.14. The summed E-state index contributed by atoms with van der Waals surface area (Å²) >= 11 is 5.86. The number of carbonyl (C=O) groups is 2. The molecule has 23 heavy (non-hydrogen) atoms. The maximum atomic E-state index is 12.1. The smallest absolute Gasteiger partial charge is 0.480 e. The first-order valence-electron chi connectivity index (χ1n) is 5.99. The van der Waals surface area contributed by atoms with Gasteiger partial charge in [-0.25, -0.2) is 0 Å². The predicted octanol–water partition coefficient (Wildman–Crippen LogP) is 2.87. The number of ether oxygens (including phenoxy) is 1. The highest BCUT2D eigenvalue weighted by molar-refractivity contribution is 8.26. The summed E-state index contributed by atoms with van der Waals surface area (Å²) in [7, 11) is 0. The van der Waals surface area contributed by atoms with E-state index in [1.165, 1.54) is 18.2 Å². The van der Waals surface area contributed by atoms with Crippen LogP contribution in [0.3, 0.4) is 0 Å². The minimum Gasteiger partial charge on any atom is -0.480 e. The minimum absolute atomic E-state index is 0.112. The number of hydrogen-bond donors (Lipinski definition) is 1. The Hall–Kier alpha value is -2.07. The van der Waals surface area contributed by atoms with Crippen molar-refractivity contribution in [2.24, 2.45) is 0 Å². The van der Waals surface area contributed by atoms with Gasteiger partial charge in [0.2, 0.25) is 0 Å². The fourth-order valence-electron chi connectivity index (χ4n) is 1.69. The van der Waals surface area contributed by atoms with Crippen LogP contribution in [0.4, 0.5) is 13.2 Å². The Morgan fingerprint density at radius 2 is 1.96 bits per heavy atom. The second-order valence-corrected chi connectivity index (χ2v) is 5.95. The lowest BCUT2D eigenvalue weighted by atomic mass is 10.2. The van der Waals surface area contributed by atoms with Gasteiger partial charge in [-0.05, 0) is 23.8 Å². The van der Waals surface area contributed by atoms with Gasteiger partial charge in [0, 0.05) is 0 Å². The molecule has 122 valence electrons. The van der Waals surface area contributed by atoms with Crippen molar-refractivity contribution in [1.29, 1.82) is 0 Å². The molecule has 0 bridgehead atoms. The number of thioether (sulfide) groups is 1. The van der Waals surface area contributed by atoms with E-state index in [9.17, 15) is 22.8 Å². The van der Waals surface area contributed by atoms with E-state index in [1.54, 1.807) is 0 Å². The van der Waals surface area contributed by atoms with Gasteiger partial charge in [0.1, 0.15) is 16.6 Å². The van der Waals surface area contributed by atoms with Crippen molar-refractivity contribution in [2.75, 3.05) is 6.54 Å². The zero-order chi connectivity index (χ0) is 17.2. The SMILES string of the molecule is O=C(O)CN1C(=O)/C(=C\c2ccc(OC(F)(F)F)cc2)SC1=S. The van der Waals surface area contributed by atoms with Gasteiger partial charge in [0.15, 0.2) is 0 Å². The van der Waals surface area contributed by atoms with Crippen molar-refractivity contribution in [1.82, 2.24) is 4.90 Å². The van der Waals surface area contributed by atoms with Crippen molar-refractivity contribution in [3.8, 4) is 5.75 Å². The van der Waals surface area contributed by atoms with Gasteiger partial charge in [0.05, 0.1) is 4.91 Å². The molecule has 1 saturated heterocycles. The number of carbonyl (C=O) groups excluding carboxylic acids is 1. The molecular weight excluding hydrogens is 355 g/mol. The first-order valence-corrected chi connectivity index (χ1v) is 7.21. The number of carboxylic acids is 1. The monoisotopic (exact) mass is 363 g/mol. The standard InChI is InChI=1S/C13H8F3NO4S2/c14-13(15,16)21-8-3-1-7(2-4-8)5-9-11(20)17(6-10(18)19)12(22)23-9/h1-5H,6H2,(H,18,19)/b9-5+. The number of hydrogen-bond acceptors (Lipinski definition) is 5. The van der Waals surface area contributed by atoms with Crippen molar-refractivity contribution < 1.29 is 32.6 Å². The lowest BCUT2D eigenvalue weighted by Gasteiger charge is -2.10. The second kappa shape index (κ2) is 6.59. The summed E-state index contributed by atoms with van der Waals surface area (Å²) in [5, 5.41) is 8.72. The summed E-state index contributed by atoms with van der Waals surface area (Å²) in [5.74, 6) is -2.14. The van der Waals surface area contributed by atoms with Gasteiger partial charge in [0.25, 0.3) is 5.91 Å². The van der Waals surface area contributed by atoms with Crippen LogP contribution in [0, 0.1) is 0 Å². The van der Waals surface area contributed by atoms with E-state index < -0.39 is 24.8 Å². The zero-order valence-corrected chi connectivity index (χ0v) is 12.8. The minimum atomic E-state index is -4.78. The third-order valence-corrected chi connectivity index (χ3v) is 3.96. The quantitative estimate of drug-likeness (QED) is 0.655. The summed E-state index contributed by atoms with van der Waals surface area (Å²) in [4.78, 5) is 23.8. The van der Waals surface area contributed by atoms with Gasteiger partial charge in [-0.1, -0.05) is 36.1 Å². The molecule has 0 radical (unpaired) electrons. The van der Waals surface area contributed by atoms with Gasteiger partial charge < -0.3 is 9.84 Å². The largest absolute Gasteiger partial charge is 0.573 e. The molecular formula is C13H8F3NO4S2. The number of benzene rings is 1. The number of aliphatic carboxylic acids is 1. The molecule has 10 heteroatoms. The number of rotatable bonds is 4. The van der Waals surface area contributed by atoms with E-state index in [1.807, 2.05) is 0 Å². The summed E-state index contributed by atoms with van der Waals surface area (Å²) in [5.41, 5.74) is 0.454. The summed E-state index contributed by atoms with van der Waals surface area (Å²) in [6.45, 7) is -0.541. The number of carboxylic acid groups (broad SMARTS) is 1. The van der Waals surface area contributed by atoms with E-state index in [2.05, 4.69) is 4.74 Å². The van der Waals surface area contributed by atoms with Gasteiger partial charge >= 0.3 is 12.3 Å². The lowest BCUT2D eigenvalue weighted by Crippen LogP contribution is -2.33. The van der Waals surface area contributed by atoms with Crippen LogP contribution in [0.5, 0.6) is 5.75 Å². The highest BCUT2D eigenvalue weighted by atomic mass is 32.2. The molecule has 0 aromatic heterocycles. The summed E-state index contributed by atoms with van der Waals surface area (Å²) in [6, 6.07) is 4.89. The first kappa shape index (κ1) is 17.3. The number of halogens is 3. The molecule has 2 rings (SSSR count). The normalized spacial score (nSPS) is 17.0. The molecule has 1 aromatic carbocycles. The molecule has 0 unspecified atom stereocenters. The highest BCUT2D eigenvalue weighted by Crippen LogP contribution is 2.32. The van der Waals surface area contributed by atoms with Crippen molar-refractivity contribution in [3.05, 3.63) is 34.7 Å². The molecule has 1 amide bonds. The first-order chi connectivity index (χ1) is 10.7. The van der Waals surface area contributed by atoms with Crippen LogP contribution in [0.2, 0.25) is 0 Å². The molecule has 5 nitrogen and oxygen atoms in total. The molecule has 1 heterocycles. The van der Waals surface area contributed by atoms with Gasteiger partial charge in [-0.2, -0.15) is 0 Å². The molecule has 0 aliphatic carbocycles. The summed E-state index contributed by atoms with van der Waals surface area (Å²) in [6.07, 6.45) is -3.36. The van der Waals surface area contributed by atoms with E-state index >= 15 is 0 Å². The topological polar surface area (TPSA) is 66.8 Å². The molecule has 1 N–H and O–H groups in total. The van der Waals surface area contributed by atoms with E-state index in [0.717, 1.165) is 28.8 Å². The maximum absolute atomic E-state index is 12.1. The highest BCUT2D eigenvalue weighted by Gasteiger charge is 2.33. The van der Waals surface area contributed by atoms with Crippen LogP contribution in [-0.4, -0.2) is 39.1 Å². The Bertz CT molecular complexity index is 685. The van der Waals surface area contributed by atoms with Crippen LogP contribution in [-0.2, 0) is 9.59 Å². The van der Waals surface area contributed by atoms with Gasteiger partial charge in [-0.3, -0.25) is 14.5 Å². The molecule has 1 aromatic rings. The lowest BCUT2D eigenvalue weighted by molar-refractivity contribution is -0.274. The number of amides is 1. The summed E-state index contributed by atoms with van der Waals surface area (Å²) < 4.78 is 40.0. The molecule has 0 saturated carbocycles. The van der Waals surface area contributed by atoms with Crippen LogP contribution in [0.1, 0.15) is 5.56 Å². The van der Waals surface area contributed by atoms with Gasteiger partial charge in [-0.15, -0.1) is 13.2 Å². The maximum Gasteiger partial charge on any atom is 0.573 e. The van der Waals surface area contributed by atoms with Crippen molar-refractivity contribution in [2.45, 2.75) is 6.36 Å². The van der Waals surface area contributed by atoms with Crippen LogP contribution in [0.25, 0.3) is 6.08 Å². The Labute approximate surface area is 137 Å². The average Bonchev–Trinajstić information content (AvgIpc) is 2.67. The average molecular weight is 363 g/mol. The molecule has 1 fully saturated rings. The molecule has 0 atom stereocenters. The molecule has 1 aliphatic heterocycles. The second-order valence-electron chi connectivity index (χ2n) is 4.28. The fourth-order valence-corrected chi connectivity index (χ4v) is 2.94. The van der Waals surface area contributed by atoms with Crippen LogP contribution >= 0.6 is 24.0 Å².